The Balaban J connectivity index is 1.41. The van der Waals surface area contributed by atoms with E-state index in [2.05, 4.69) is 20.2 Å². The lowest BCUT2D eigenvalue weighted by molar-refractivity contribution is 0.0720. The molecule has 0 bridgehead atoms. The Labute approximate surface area is 179 Å². The van der Waals surface area contributed by atoms with Crippen molar-refractivity contribution in [2.75, 3.05) is 6.54 Å². The van der Waals surface area contributed by atoms with Crippen LogP contribution in [0.5, 0.6) is 0 Å². The highest BCUT2D eigenvalue weighted by molar-refractivity contribution is 5.90. The van der Waals surface area contributed by atoms with Crippen LogP contribution in [0.15, 0.2) is 42.9 Å². The Bertz CT molecular complexity index is 1310. The van der Waals surface area contributed by atoms with Gasteiger partial charge in [-0.25, -0.2) is 27.8 Å². The highest BCUT2D eigenvalue weighted by Crippen LogP contribution is 2.32. The van der Waals surface area contributed by atoms with Gasteiger partial charge in [-0.3, -0.25) is 9.48 Å². The monoisotopic (exact) mass is 439 g/mol. The molecule has 3 aromatic heterocycles. The molecule has 0 atom stereocenters. The maximum atomic E-state index is 13.8. The van der Waals surface area contributed by atoms with Crippen LogP contribution in [0.1, 0.15) is 21.9 Å². The zero-order valence-electron chi connectivity index (χ0n) is 16.8. The van der Waals surface area contributed by atoms with E-state index >= 15 is 0 Å². The van der Waals surface area contributed by atoms with Crippen LogP contribution in [0.3, 0.4) is 0 Å². The van der Waals surface area contributed by atoms with E-state index < -0.39 is 17.5 Å². The highest BCUT2D eigenvalue weighted by Gasteiger charge is 2.30. The van der Waals surface area contributed by atoms with Gasteiger partial charge < -0.3 is 4.90 Å². The standard InChI is InChI=1S/C21H16F3N7O/c1-29-19(12-8-14(22)18(24)15(23)9-12)13-5-7-30(10-16(13)27-29)21(32)20-26-11-31(28-20)17-4-2-3-6-25-17/h2-4,6,8-9,11H,5,7,10H2,1H3. The van der Waals surface area contributed by atoms with Crippen LogP contribution < -0.4 is 0 Å². The highest BCUT2D eigenvalue weighted by atomic mass is 19.2. The molecule has 0 spiro atoms. The second-order valence-electron chi connectivity index (χ2n) is 7.33. The third-order valence-electron chi connectivity index (χ3n) is 5.31. The van der Waals surface area contributed by atoms with Crippen molar-refractivity contribution in [2.45, 2.75) is 13.0 Å². The molecule has 1 aromatic carbocycles. The summed E-state index contributed by atoms with van der Waals surface area (Å²) in [6.07, 6.45) is 3.44. The minimum Gasteiger partial charge on any atom is -0.330 e. The number of amides is 1. The number of carbonyl (C=O) groups excluding carboxylic acids is 1. The normalized spacial score (nSPS) is 13.3. The molecular weight excluding hydrogens is 423 g/mol. The topological polar surface area (TPSA) is 81.7 Å². The molecule has 1 aliphatic rings. The first-order valence-corrected chi connectivity index (χ1v) is 9.74. The van der Waals surface area contributed by atoms with Crippen molar-refractivity contribution in [1.29, 1.82) is 0 Å². The Hall–Kier alpha value is -4.02. The summed E-state index contributed by atoms with van der Waals surface area (Å²) in [5.41, 5.74) is 2.03. The van der Waals surface area contributed by atoms with Crippen LogP contribution in [-0.2, 0) is 20.0 Å². The molecule has 0 radical (unpaired) electrons. The molecule has 0 saturated heterocycles. The molecule has 8 nitrogen and oxygen atoms in total. The number of benzene rings is 1. The maximum Gasteiger partial charge on any atom is 0.293 e. The molecule has 0 aliphatic carbocycles. The van der Waals surface area contributed by atoms with Gasteiger partial charge in [0.15, 0.2) is 23.3 Å². The van der Waals surface area contributed by atoms with E-state index in [0.29, 0.717) is 30.2 Å². The van der Waals surface area contributed by atoms with Gasteiger partial charge in [-0.1, -0.05) is 6.07 Å². The summed E-state index contributed by atoms with van der Waals surface area (Å²) in [5.74, 6) is -3.85. The van der Waals surface area contributed by atoms with Gasteiger partial charge in [0.1, 0.15) is 6.33 Å². The van der Waals surface area contributed by atoms with Gasteiger partial charge >= 0.3 is 0 Å². The van der Waals surface area contributed by atoms with Crippen molar-refractivity contribution < 1.29 is 18.0 Å². The van der Waals surface area contributed by atoms with E-state index in [1.54, 1.807) is 36.3 Å². The summed E-state index contributed by atoms with van der Waals surface area (Å²) in [5, 5.41) is 8.63. The number of carbonyl (C=O) groups is 1. The molecule has 5 rings (SSSR count). The minimum absolute atomic E-state index is 0.0259. The van der Waals surface area contributed by atoms with E-state index in [-0.39, 0.29) is 23.8 Å². The number of hydrogen-bond donors (Lipinski definition) is 0. The zero-order valence-corrected chi connectivity index (χ0v) is 16.8. The number of nitrogens with zero attached hydrogens (tertiary/aromatic N) is 7. The summed E-state index contributed by atoms with van der Waals surface area (Å²) in [4.78, 5) is 22.8. The van der Waals surface area contributed by atoms with E-state index in [9.17, 15) is 18.0 Å². The van der Waals surface area contributed by atoms with Gasteiger partial charge in [0.25, 0.3) is 5.91 Å². The van der Waals surface area contributed by atoms with Gasteiger partial charge in [0, 0.05) is 30.9 Å². The van der Waals surface area contributed by atoms with E-state index in [4.69, 9.17) is 0 Å². The van der Waals surface area contributed by atoms with Gasteiger partial charge in [0.05, 0.1) is 17.9 Å². The molecular formula is C21H16F3N7O. The molecule has 162 valence electrons. The molecule has 11 heteroatoms. The Morgan fingerprint density at radius 2 is 1.84 bits per heavy atom. The largest absolute Gasteiger partial charge is 0.330 e. The lowest BCUT2D eigenvalue weighted by atomic mass is 9.99. The summed E-state index contributed by atoms with van der Waals surface area (Å²) in [6, 6.07) is 7.21. The molecule has 4 heterocycles. The number of aromatic nitrogens is 6. The van der Waals surface area contributed by atoms with E-state index in [1.165, 1.54) is 15.7 Å². The van der Waals surface area contributed by atoms with Crippen LogP contribution in [0.2, 0.25) is 0 Å². The van der Waals surface area contributed by atoms with Gasteiger partial charge in [0.2, 0.25) is 5.82 Å². The van der Waals surface area contributed by atoms with Crippen LogP contribution in [0.25, 0.3) is 17.1 Å². The third kappa shape index (κ3) is 3.31. The number of fused-ring (bicyclic) bond motifs is 1. The Morgan fingerprint density at radius 3 is 2.56 bits per heavy atom. The van der Waals surface area contributed by atoms with Gasteiger partial charge in [-0.2, -0.15) is 5.10 Å². The summed E-state index contributed by atoms with van der Waals surface area (Å²) >= 11 is 0. The van der Waals surface area contributed by atoms with Gasteiger partial charge in [-0.15, -0.1) is 5.10 Å². The van der Waals surface area contributed by atoms with Crippen LogP contribution in [0.4, 0.5) is 13.2 Å². The minimum atomic E-state index is -1.51. The van der Waals surface area contributed by atoms with Crippen molar-refractivity contribution in [1.82, 2.24) is 34.4 Å². The first-order chi connectivity index (χ1) is 15.4. The van der Waals surface area contributed by atoms with Crippen molar-refractivity contribution in [3.63, 3.8) is 0 Å². The van der Waals surface area contributed by atoms with Crippen LogP contribution in [0, 0.1) is 17.5 Å². The average molecular weight is 439 g/mol. The second kappa shape index (κ2) is 7.59. The smallest absolute Gasteiger partial charge is 0.293 e. The third-order valence-corrected chi connectivity index (χ3v) is 5.31. The maximum absolute atomic E-state index is 13.8. The molecule has 0 N–H and O–H groups in total. The molecule has 32 heavy (non-hydrogen) atoms. The fourth-order valence-corrected chi connectivity index (χ4v) is 3.85. The number of pyridine rings is 1. The van der Waals surface area contributed by atoms with Crippen molar-refractivity contribution >= 4 is 5.91 Å². The molecule has 0 unspecified atom stereocenters. The lowest BCUT2D eigenvalue weighted by Gasteiger charge is -2.25. The van der Waals surface area contributed by atoms with Crippen LogP contribution >= 0.6 is 0 Å². The second-order valence-corrected chi connectivity index (χ2v) is 7.33. The van der Waals surface area contributed by atoms with Gasteiger partial charge in [-0.05, 0) is 30.7 Å². The van der Waals surface area contributed by atoms with Crippen LogP contribution in [-0.4, -0.2) is 46.9 Å². The molecule has 1 amide bonds. The molecule has 1 aliphatic heterocycles. The summed E-state index contributed by atoms with van der Waals surface area (Å²) < 4.78 is 43.8. The zero-order chi connectivity index (χ0) is 22.4. The lowest BCUT2D eigenvalue weighted by Crippen LogP contribution is -2.36. The number of hydrogen-bond acceptors (Lipinski definition) is 5. The summed E-state index contributed by atoms with van der Waals surface area (Å²) in [6.45, 7) is 0.529. The fraction of sp³-hybridized carbons (Fsp3) is 0.190. The Morgan fingerprint density at radius 1 is 1.06 bits per heavy atom. The number of halogens is 3. The molecule has 0 saturated carbocycles. The first kappa shape index (κ1) is 19.9. The Kier molecular flexibility index (Phi) is 4.72. The SMILES string of the molecule is Cn1nc2c(c1-c1cc(F)c(F)c(F)c1)CCN(C(=O)c1ncn(-c3ccccn3)n1)C2. The fourth-order valence-electron chi connectivity index (χ4n) is 3.85. The summed E-state index contributed by atoms with van der Waals surface area (Å²) in [7, 11) is 1.63. The van der Waals surface area contributed by atoms with E-state index in [0.717, 1.165) is 17.7 Å². The van der Waals surface area contributed by atoms with E-state index in [1.807, 2.05) is 0 Å². The number of rotatable bonds is 3. The quantitative estimate of drug-likeness (QED) is 0.459. The number of aryl methyl sites for hydroxylation is 1. The average Bonchev–Trinajstić information content (AvgIpc) is 3.41. The van der Waals surface area contributed by atoms with Crippen molar-refractivity contribution in [3.05, 3.63) is 77.4 Å². The molecule has 0 fully saturated rings. The van der Waals surface area contributed by atoms with Crippen molar-refractivity contribution in [2.24, 2.45) is 7.05 Å². The van der Waals surface area contributed by atoms with Crippen molar-refractivity contribution in [3.8, 4) is 17.1 Å². The first-order valence-electron chi connectivity index (χ1n) is 9.74. The predicted octanol–water partition coefficient (Wildman–Crippen LogP) is 2.68. The molecule has 4 aromatic rings. The predicted molar refractivity (Wildman–Crippen MR) is 106 cm³/mol.